The van der Waals surface area contributed by atoms with Gasteiger partial charge < -0.3 is 14.2 Å². The monoisotopic (exact) mass is 204 g/mol. The lowest BCUT2D eigenvalue weighted by atomic mass is 10.2. The van der Waals surface area contributed by atoms with Crippen LogP contribution in [-0.2, 0) is 28.6 Å². The van der Waals surface area contributed by atoms with E-state index < -0.39 is 24.0 Å². The van der Waals surface area contributed by atoms with Gasteiger partial charge in [0.15, 0.2) is 0 Å². The second kappa shape index (κ2) is 5.95. The summed E-state index contributed by atoms with van der Waals surface area (Å²) in [5.41, 5.74) is 0. The molecule has 6 heteroatoms. The van der Waals surface area contributed by atoms with Gasteiger partial charge in [-0.1, -0.05) is 0 Å². The van der Waals surface area contributed by atoms with Crippen molar-refractivity contribution in [2.24, 2.45) is 0 Å². The van der Waals surface area contributed by atoms with E-state index in [9.17, 15) is 14.4 Å². The van der Waals surface area contributed by atoms with E-state index in [4.69, 9.17) is 0 Å². The Morgan fingerprint density at radius 2 is 1.71 bits per heavy atom. The van der Waals surface area contributed by atoms with Crippen molar-refractivity contribution in [2.75, 3.05) is 14.2 Å². The maximum Gasteiger partial charge on any atom is 0.347 e. The highest BCUT2D eigenvalue weighted by Crippen LogP contribution is 2.03. The van der Waals surface area contributed by atoms with Gasteiger partial charge in [-0.3, -0.25) is 9.59 Å². The van der Waals surface area contributed by atoms with Crippen molar-refractivity contribution in [2.45, 2.75) is 19.4 Å². The average Bonchev–Trinajstić information content (AvgIpc) is 2.14. The zero-order valence-electron chi connectivity index (χ0n) is 8.23. The van der Waals surface area contributed by atoms with Crippen molar-refractivity contribution in [3.05, 3.63) is 0 Å². The molecule has 0 aliphatic carbocycles. The van der Waals surface area contributed by atoms with Crippen molar-refractivity contribution in [3.8, 4) is 0 Å². The number of esters is 3. The summed E-state index contributed by atoms with van der Waals surface area (Å²) in [4.78, 5) is 32.4. The van der Waals surface area contributed by atoms with Crippen LogP contribution in [0.4, 0.5) is 0 Å². The molecular weight excluding hydrogens is 192 g/mol. The van der Waals surface area contributed by atoms with Crippen LogP contribution >= 0.6 is 0 Å². The number of ether oxygens (including phenoxy) is 3. The molecule has 0 unspecified atom stereocenters. The van der Waals surface area contributed by atoms with E-state index >= 15 is 0 Å². The van der Waals surface area contributed by atoms with Crippen LogP contribution in [0.15, 0.2) is 0 Å². The Labute approximate surface area is 81.1 Å². The molecule has 0 amide bonds. The van der Waals surface area contributed by atoms with E-state index in [0.29, 0.717) is 0 Å². The Kier molecular flexibility index (Phi) is 5.28. The van der Waals surface area contributed by atoms with Gasteiger partial charge in [0.2, 0.25) is 6.10 Å². The van der Waals surface area contributed by atoms with E-state index in [0.717, 1.165) is 14.0 Å². The van der Waals surface area contributed by atoms with Gasteiger partial charge in [-0.15, -0.1) is 0 Å². The number of carbonyl (C=O) groups excluding carboxylic acids is 3. The smallest absolute Gasteiger partial charge is 0.347 e. The third-order valence-electron chi connectivity index (χ3n) is 1.35. The molecule has 0 aliphatic heterocycles. The highest BCUT2D eigenvalue weighted by molar-refractivity contribution is 5.83. The van der Waals surface area contributed by atoms with E-state index in [1.54, 1.807) is 0 Å². The molecule has 0 radical (unpaired) electrons. The van der Waals surface area contributed by atoms with Crippen LogP contribution < -0.4 is 0 Å². The Bertz CT molecular complexity index is 234. The lowest BCUT2D eigenvalue weighted by molar-refractivity contribution is -0.168. The SMILES string of the molecule is COC(=O)C[C@@H](OC(C)=O)C(=O)OC. The third kappa shape index (κ3) is 4.44. The summed E-state index contributed by atoms with van der Waals surface area (Å²) in [7, 11) is 2.31. The summed E-state index contributed by atoms with van der Waals surface area (Å²) in [5, 5.41) is 0. The third-order valence-corrected chi connectivity index (χ3v) is 1.35. The van der Waals surface area contributed by atoms with E-state index in [2.05, 4.69) is 14.2 Å². The standard InChI is InChI=1S/C8H12O6/c1-5(9)14-6(8(11)13-3)4-7(10)12-2/h6H,4H2,1-3H3/t6-/m1/s1. The minimum Gasteiger partial charge on any atom is -0.469 e. The zero-order valence-corrected chi connectivity index (χ0v) is 8.23. The van der Waals surface area contributed by atoms with E-state index in [1.165, 1.54) is 7.11 Å². The van der Waals surface area contributed by atoms with Crippen LogP contribution in [-0.4, -0.2) is 38.2 Å². The van der Waals surface area contributed by atoms with Crippen LogP contribution in [0, 0.1) is 0 Å². The molecule has 0 aromatic rings. The molecule has 0 bridgehead atoms. The molecule has 6 nitrogen and oxygen atoms in total. The topological polar surface area (TPSA) is 78.9 Å². The predicted molar refractivity (Wildman–Crippen MR) is 44.2 cm³/mol. The van der Waals surface area contributed by atoms with Crippen molar-refractivity contribution >= 4 is 17.9 Å². The molecule has 14 heavy (non-hydrogen) atoms. The number of hydrogen-bond donors (Lipinski definition) is 0. The van der Waals surface area contributed by atoms with Crippen molar-refractivity contribution in [1.29, 1.82) is 0 Å². The first-order valence-electron chi connectivity index (χ1n) is 3.83. The number of methoxy groups -OCH3 is 2. The van der Waals surface area contributed by atoms with Crippen LogP contribution in [0.2, 0.25) is 0 Å². The van der Waals surface area contributed by atoms with Crippen LogP contribution in [0.3, 0.4) is 0 Å². The van der Waals surface area contributed by atoms with Gasteiger partial charge in [-0.05, 0) is 0 Å². The fraction of sp³-hybridized carbons (Fsp3) is 0.625. The highest BCUT2D eigenvalue weighted by atomic mass is 16.6. The second-order valence-electron chi connectivity index (χ2n) is 2.40. The molecule has 80 valence electrons. The molecule has 0 rings (SSSR count). The van der Waals surface area contributed by atoms with Gasteiger partial charge in [0.25, 0.3) is 0 Å². The van der Waals surface area contributed by atoms with Gasteiger partial charge >= 0.3 is 17.9 Å². The number of carbonyl (C=O) groups is 3. The second-order valence-corrected chi connectivity index (χ2v) is 2.40. The molecule has 0 aromatic carbocycles. The molecule has 0 heterocycles. The molecule has 0 N–H and O–H groups in total. The molecule has 0 saturated carbocycles. The molecule has 0 aromatic heterocycles. The Balaban J connectivity index is 4.31. The molecule has 0 spiro atoms. The lowest BCUT2D eigenvalue weighted by Crippen LogP contribution is -2.30. The summed E-state index contributed by atoms with van der Waals surface area (Å²) in [6.45, 7) is 1.13. The maximum absolute atomic E-state index is 11.0. The Morgan fingerprint density at radius 1 is 1.14 bits per heavy atom. The minimum absolute atomic E-state index is 0.344. The van der Waals surface area contributed by atoms with Crippen molar-refractivity contribution in [3.63, 3.8) is 0 Å². The van der Waals surface area contributed by atoms with Crippen LogP contribution in [0.25, 0.3) is 0 Å². The molecule has 0 aliphatic rings. The van der Waals surface area contributed by atoms with Gasteiger partial charge in [0.1, 0.15) is 0 Å². The average molecular weight is 204 g/mol. The van der Waals surface area contributed by atoms with Gasteiger partial charge in [-0.25, -0.2) is 4.79 Å². The summed E-state index contributed by atoms with van der Waals surface area (Å²) in [5.74, 6) is -2.10. The Hall–Kier alpha value is -1.59. The summed E-state index contributed by atoms with van der Waals surface area (Å²) in [6, 6.07) is 0. The predicted octanol–water partition coefficient (Wildman–Crippen LogP) is -0.346. The normalized spacial score (nSPS) is 11.4. The summed E-state index contributed by atoms with van der Waals surface area (Å²) < 4.78 is 13.2. The molecular formula is C8H12O6. The molecule has 0 saturated heterocycles. The maximum atomic E-state index is 11.0. The Morgan fingerprint density at radius 3 is 2.07 bits per heavy atom. The highest BCUT2D eigenvalue weighted by Gasteiger charge is 2.25. The zero-order chi connectivity index (χ0) is 11.1. The largest absolute Gasteiger partial charge is 0.469 e. The van der Waals surface area contributed by atoms with Crippen LogP contribution in [0.1, 0.15) is 13.3 Å². The van der Waals surface area contributed by atoms with E-state index in [-0.39, 0.29) is 6.42 Å². The first kappa shape index (κ1) is 12.4. The fourth-order valence-electron chi connectivity index (χ4n) is 0.740. The minimum atomic E-state index is -1.23. The van der Waals surface area contributed by atoms with Crippen LogP contribution in [0.5, 0.6) is 0 Å². The lowest BCUT2D eigenvalue weighted by Gasteiger charge is -2.12. The fourth-order valence-corrected chi connectivity index (χ4v) is 0.740. The first-order valence-corrected chi connectivity index (χ1v) is 3.83. The quantitative estimate of drug-likeness (QED) is 0.460. The van der Waals surface area contributed by atoms with Crippen molar-refractivity contribution in [1.82, 2.24) is 0 Å². The number of rotatable bonds is 4. The summed E-state index contributed by atoms with van der Waals surface area (Å²) >= 11 is 0. The molecule has 1 atom stereocenters. The van der Waals surface area contributed by atoms with E-state index in [1.807, 2.05) is 0 Å². The summed E-state index contributed by atoms with van der Waals surface area (Å²) in [6.07, 6.45) is -1.58. The van der Waals surface area contributed by atoms with Gasteiger partial charge in [0.05, 0.1) is 20.6 Å². The van der Waals surface area contributed by atoms with Crippen molar-refractivity contribution < 1.29 is 28.6 Å². The first-order chi connectivity index (χ1) is 6.51. The van der Waals surface area contributed by atoms with Gasteiger partial charge in [0, 0.05) is 6.92 Å². The molecule has 0 fully saturated rings. The number of hydrogen-bond acceptors (Lipinski definition) is 6. The van der Waals surface area contributed by atoms with Gasteiger partial charge in [-0.2, -0.15) is 0 Å².